The Morgan fingerprint density at radius 2 is 0.561 bits per heavy atom. The first-order valence-corrected chi connectivity index (χ1v) is 23.8. The molecule has 0 spiro atoms. The van der Waals surface area contributed by atoms with Crippen LogP contribution in [0.1, 0.15) is 87.2 Å². The van der Waals surface area contributed by atoms with Crippen LogP contribution in [0.4, 0.5) is 0 Å². The molecule has 2 aliphatic rings. The summed E-state index contributed by atoms with van der Waals surface area (Å²) in [7, 11) is 0. The summed E-state index contributed by atoms with van der Waals surface area (Å²) in [5, 5.41) is 0. The van der Waals surface area contributed by atoms with Crippen LogP contribution in [0.3, 0.4) is 0 Å². The zero-order valence-corrected chi connectivity index (χ0v) is 37.2. The maximum absolute atomic E-state index is 5.39. The van der Waals surface area contributed by atoms with Crippen molar-refractivity contribution in [3.8, 4) is 90.6 Å². The van der Waals surface area contributed by atoms with Gasteiger partial charge in [0.25, 0.3) is 0 Å². The van der Waals surface area contributed by atoms with Gasteiger partial charge in [0.1, 0.15) is 0 Å². The topological polar surface area (TPSA) is 77.3 Å². The van der Waals surface area contributed by atoms with Crippen molar-refractivity contribution in [2.24, 2.45) is 0 Å². The summed E-state index contributed by atoms with van der Waals surface area (Å²) in [4.78, 5) is 31.5. The van der Waals surface area contributed by atoms with Crippen molar-refractivity contribution in [3.63, 3.8) is 0 Å². The van der Waals surface area contributed by atoms with Gasteiger partial charge in [-0.25, -0.2) is 29.9 Å². The third-order valence-corrected chi connectivity index (χ3v) is 13.5. The van der Waals surface area contributed by atoms with E-state index in [1.165, 1.54) is 80.9 Å². The van der Waals surface area contributed by atoms with Gasteiger partial charge in [-0.2, -0.15) is 0 Å². The van der Waals surface area contributed by atoms with Gasteiger partial charge >= 0.3 is 0 Å². The molecule has 0 radical (unpaired) electrons. The molecule has 6 heteroatoms. The van der Waals surface area contributed by atoms with Crippen LogP contribution in [0.25, 0.3) is 90.6 Å². The zero-order chi connectivity index (χ0) is 44.1. The van der Waals surface area contributed by atoms with Crippen LogP contribution < -0.4 is 0 Å². The summed E-state index contributed by atoms with van der Waals surface area (Å²) in [5.41, 5.74) is 12.9. The molecule has 0 saturated heterocycles. The summed E-state index contributed by atoms with van der Waals surface area (Å²) in [6.45, 7) is 0. The molecule has 2 fully saturated rings. The molecule has 322 valence electrons. The minimum atomic E-state index is 0.568. The van der Waals surface area contributed by atoms with E-state index in [4.69, 9.17) is 29.9 Å². The number of nitrogens with zero attached hydrogens (tertiary/aromatic N) is 6. The zero-order valence-electron chi connectivity index (χ0n) is 37.2. The molecule has 11 rings (SSSR count). The second-order valence-electron chi connectivity index (χ2n) is 18.0. The predicted octanol–water partition coefficient (Wildman–Crippen LogP) is 15.5. The maximum atomic E-state index is 5.39. The molecule has 0 amide bonds. The lowest BCUT2D eigenvalue weighted by atomic mass is 9.78. The van der Waals surface area contributed by atoms with Gasteiger partial charge in [-0.1, -0.05) is 202 Å². The van der Waals surface area contributed by atoms with E-state index in [2.05, 4.69) is 121 Å². The fourth-order valence-corrected chi connectivity index (χ4v) is 10.1. The fourth-order valence-electron chi connectivity index (χ4n) is 10.1. The lowest BCUT2D eigenvalue weighted by molar-refractivity contribution is 0.435. The van der Waals surface area contributed by atoms with Gasteiger partial charge in [0.15, 0.2) is 34.9 Å². The van der Waals surface area contributed by atoms with Gasteiger partial charge in [-0.15, -0.1) is 0 Å². The average molecular weight is 857 g/mol. The van der Waals surface area contributed by atoms with Crippen LogP contribution in [0.15, 0.2) is 182 Å². The van der Waals surface area contributed by atoms with Crippen LogP contribution in [-0.2, 0) is 0 Å². The number of hydrogen-bond acceptors (Lipinski definition) is 6. The Kier molecular flexibility index (Phi) is 11.9. The van der Waals surface area contributed by atoms with E-state index in [-0.39, 0.29) is 0 Å². The normalized spacial score (nSPS) is 14.5. The van der Waals surface area contributed by atoms with Crippen molar-refractivity contribution in [1.29, 1.82) is 0 Å². The minimum Gasteiger partial charge on any atom is -0.208 e. The highest BCUT2D eigenvalue weighted by molar-refractivity contribution is 5.83. The number of hydrogen-bond donors (Lipinski definition) is 0. The molecule has 0 bridgehead atoms. The minimum absolute atomic E-state index is 0.568. The second-order valence-corrected chi connectivity index (χ2v) is 18.0. The van der Waals surface area contributed by atoms with Crippen LogP contribution in [-0.4, -0.2) is 29.9 Å². The molecule has 0 unspecified atom stereocenters. The van der Waals surface area contributed by atoms with E-state index in [0.717, 1.165) is 50.1 Å². The van der Waals surface area contributed by atoms with Gasteiger partial charge in [0.05, 0.1) is 0 Å². The maximum Gasteiger partial charge on any atom is 0.164 e. The SMILES string of the molecule is c1ccc(-c2nc(-c3ccccc3)nc(-c3cc(-c4cc(C5CCCCC5)cc(C5CCCCC5)c4)cc(-c4nc(-c5ccccc5)nc(-c5ccccc5-c5ccccc5)n4)c3)n2)cc1. The fraction of sp³-hybridized carbons (Fsp3) is 0.200. The molecule has 0 N–H and O–H groups in total. The molecule has 0 atom stereocenters. The molecule has 2 heterocycles. The van der Waals surface area contributed by atoms with Gasteiger partial charge in [0.2, 0.25) is 0 Å². The van der Waals surface area contributed by atoms with E-state index in [1.807, 2.05) is 60.7 Å². The monoisotopic (exact) mass is 856 g/mol. The average Bonchev–Trinajstić information content (AvgIpc) is 3.42. The summed E-state index contributed by atoms with van der Waals surface area (Å²) in [5.74, 6) is 4.78. The predicted molar refractivity (Wildman–Crippen MR) is 268 cm³/mol. The largest absolute Gasteiger partial charge is 0.208 e. The van der Waals surface area contributed by atoms with E-state index in [1.54, 1.807) is 0 Å². The van der Waals surface area contributed by atoms with E-state index < -0.39 is 0 Å². The Hall–Kier alpha value is -7.44. The van der Waals surface area contributed by atoms with Crippen molar-refractivity contribution < 1.29 is 0 Å². The van der Waals surface area contributed by atoms with E-state index in [9.17, 15) is 0 Å². The molecule has 66 heavy (non-hydrogen) atoms. The molecule has 2 saturated carbocycles. The van der Waals surface area contributed by atoms with Crippen LogP contribution in [0.2, 0.25) is 0 Å². The van der Waals surface area contributed by atoms with Crippen LogP contribution in [0, 0.1) is 0 Å². The quantitative estimate of drug-likeness (QED) is 0.136. The number of rotatable bonds is 10. The van der Waals surface area contributed by atoms with Crippen molar-refractivity contribution in [2.75, 3.05) is 0 Å². The molecule has 9 aromatic rings. The molecule has 7 aromatic carbocycles. The first-order chi connectivity index (χ1) is 32.7. The standard InChI is InChI=1S/C60H52N6/c1-7-21-41(22-8-1)47-35-48(42-23-9-2-10-24-42)37-49(36-47)50-38-51(58-62-55(44-27-13-4-14-28-44)61-56(63-58)45-29-15-5-16-30-45)40-52(39-50)59-64-57(46-31-17-6-18-32-46)65-60(66-59)54-34-20-19-33-53(54)43-25-11-3-12-26-43/h3-6,11-20,25-42H,1-2,7-10,21-24H2. The molecule has 6 nitrogen and oxygen atoms in total. The third-order valence-electron chi connectivity index (χ3n) is 13.5. The highest BCUT2D eigenvalue weighted by Gasteiger charge is 2.23. The number of aromatic nitrogens is 6. The van der Waals surface area contributed by atoms with Crippen molar-refractivity contribution in [2.45, 2.75) is 76.0 Å². The molecule has 0 aliphatic heterocycles. The Morgan fingerprint density at radius 3 is 0.985 bits per heavy atom. The first kappa shape index (κ1) is 41.3. The Labute approximate surface area is 388 Å². The van der Waals surface area contributed by atoms with E-state index >= 15 is 0 Å². The van der Waals surface area contributed by atoms with Gasteiger partial charge < -0.3 is 0 Å². The van der Waals surface area contributed by atoms with Crippen LogP contribution in [0.5, 0.6) is 0 Å². The third kappa shape index (κ3) is 8.96. The molecule has 2 aromatic heterocycles. The Balaban J connectivity index is 1.16. The smallest absolute Gasteiger partial charge is 0.164 e. The second kappa shape index (κ2) is 19.0. The molecular weight excluding hydrogens is 805 g/mol. The highest BCUT2D eigenvalue weighted by atomic mass is 15.0. The summed E-state index contributed by atoms with van der Waals surface area (Å²) < 4.78 is 0. The molecular formula is C60H52N6. The van der Waals surface area contributed by atoms with Crippen molar-refractivity contribution in [3.05, 3.63) is 193 Å². The first-order valence-electron chi connectivity index (χ1n) is 23.8. The Morgan fingerprint density at radius 1 is 0.242 bits per heavy atom. The van der Waals surface area contributed by atoms with E-state index in [0.29, 0.717) is 46.8 Å². The van der Waals surface area contributed by atoms with Gasteiger partial charge in [0, 0.05) is 33.4 Å². The van der Waals surface area contributed by atoms with Crippen LogP contribution >= 0.6 is 0 Å². The van der Waals surface area contributed by atoms with Gasteiger partial charge in [-0.05, 0) is 89.1 Å². The summed E-state index contributed by atoms with van der Waals surface area (Å²) in [6, 6.07) is 63.7. The lowest BCUT2D eigenvalue weighted by Crippen LogP contribution is -2.09. The highest BCUT2D eigenvalue weighted by Crippen LogP contribution is 2.42. The summed E-state index contributed by atoms with van der Waals surface area (Å²) >= 11 is 0. The molecule has 2 aliphatic carbocycles. The van der Waals surface area contributed by atoms with Gasteiger partial charge in [-0.3, -0.25) is 0 Å². The van der Waals surface area contributed by atoms with Crippen molar-refractivity contribution in [1.82, 2.24) is 29.9 Å². The summed E-state index contributed by atoms with van der Waals surface area (Å²) in [6.07, 6.45) is 12.8. The lowest BCUT2D eigenvalue weighted by Gasteiger charge is -2.27. The number of benzene rings is 7. The van der Waals surface area contributed by atoms with Crippen molar-refractivity contribution >= 4 is 0 Å². The Bertz CT molecular complexity index is 2990.